The summed E-state index contributed by atoms with van der Waals surface area (Å²) in [5.41, 5.74) is 1.32. The lowest BCUT2D eigenvalue weighted by molar-refractivity contribution is -0.142. The van der Waals surface area contributed by atoms with Crippen molar-refractivity contribution in [2.45, 2.75) is 25.8 Å². The van der Waals surface area contributed by atoms with Crippen molar-refractivity contribution >= 4 is 5.97 Å². The van der Waals surface area contributed by atoms with Crippen LogP contribution in [0.15, 0.2) is 30.3 Å². The Labute approximate surface area is 102 Å². The molecule has 0 aromatic heterocycles. The van der Waals surface area contributed by atoms with Gasteiger partial charge in [-0.2, -0.15) is 0 Å². The molecule has 1 aromatic rings. The zero-order valence-corrected chi connectivity index (χ0v) is 10.2. The van der Waals surface area contributed by atoms with E-state index in [4.69, 9.17) is 5.11 Å². The maximum absolute atomic E-state index is 11.0. The molecule has 1 fully saturated rings. The van der Waals surface area contributed by atoms with Crippen LogP contribution < -0.4 is 0 Å². The quantitative estimate of drug-likeness (QED) is 0.865. The van der Waals surface area contributed by atoms with Crippen molar-refractivity contribution in [3.63, 3.8) is 0 Å². The minimum absolute atomic E-state index is 0.163. The van der Waals surface area contributed by atoms with E-state index >= 15 is 0 Å². The first-order valence-corrected chi connectivity index (χ1v) is 6.19. The molecule has 0 bridgehead atoms. The molecule has 0 radical (unpaired) electrons. The molecule has 3 nitrogen and oxygen atoms in total. The van der Waals surface area contributed by atoms with Crippen molar-refractivity contribution in [1.29, 1.82) is 0 Å². The highest BCUT2D eigenvalue weighted by Gasteiger charge is 2.34. The smallest absolute Gasteiger partial charge is 0.308 e. The summed E-state index contributed by atoms with van der Waals surface area (Å²) in [7, 11) is 0. The third kappa shape index (κ3) is 2.86. The van der Waals surface area contributed by atoms with Crippen LogP contribution in [0, 0.1) is 5.92 Å². The second kappa shape index (κ2) is 5.32. The van der Waals surface area contributed by atoms with Gasteiger partial charge in [0.25, 0.3) is 0 Å². The summed E-state index contributed by atoms with van der Waals surface area (Å²) >= 11 is 0. The van der Waals surface area contributed by atoms with E-state index in [2.05, 4.69) is 17.0 Å². The Bertz CT molecular complexity index is 377. The Hall–Kier alpha value is -1.35. The number of hydrogen-bond acceptors (Lipinski definition) is 2. The van der Waals surface area contributed by atoms with Gasteiger partial charge in [-0.25, -0.2) is 0 Å². The first-order valence-electron chi connectivity index (χ1n) is 6.19. The van der Waals surface area contributed by atoms with Gasteiger partial charge in [0.1, 0.15) is 0 Å². The number of carbonyl (C=O) groups is 1. The predicted octanol–water partition coefficient (Wildman–Crippen LogP) is 2.02. The van der Waals surface area contributed by atoms with Crippen LogP contribution in [0.4, 0.5) is 0 Å². The number of likely N-dealkylation sites (tertiary alicyclic amines) is 1. The minimum atomic E-state index is -0.653. The lowest BCUT2D eigenvalue weighted by Gasteiger charge is -2.22. The molecule has 1 aliphatic rings. The molecule has 1 aromatic carbocycles. The average Bonchev–Trinajstić information content (AvgIpc) is 2.69. The van der Waals surface area contributed by atoms with Crippen LogP contribution in [0.5, 0.6) is 0 Å². The molecule has 1 heterocycles. The van der Waals surface area contributed by atoms with E-state index in [1.54, 1.807) is 0 Å². The van der Waals surface area contributed by atoms with E-state index in [1.807, 2.05) is 25.1 Å². The Morgan fingerprint density at radius 1 is 1.41 bits per heavy atom. The molecule has 0 aliphatic carbocycles. The fourth-order valence-electron chi connectivity index (χ4n) is 2.57. The van der Waals surface area contributed by atoms with Gasteiger partial charge in [-0.05, 0) is 31.9 Å². The molecular weight excluding hydrogens is 214 g/mol. The van der Waals surface area contributed by atoms with E-state index in [0.29, 0.717) is 0 Å². The second-order valence-electron chi connectivity index (χ2n) is 4.75. The second-order valence-corrected chi connectivity index (χ2v) is 4.75. The summed E-state index contributed by atoms with van der Waals surface area (Å²) in [6, 6.07) is 10.5. The van der Waals surface area contributed by atoms with Gasteiger partial charge in [0.2, 0.25) is 0 Å². The first-order chi connectivity index (χ1) is 8.18. The molecule has 92 valence electrons. The van der Waals surface area contributed by atoms with Crippen molar-refractivity contribution in [3.8, 4) is 0 Å². The normalized spacial score (nSPS) is 25.0. The first kappa shape index (κ1) is 12.1. The molecule has 17 heavy (non-hydrogen) atoms. The molecule has 2 rings (SSSR count). The summed E-state index contributed by atoms with van der Waals surface area (Å²) in [5, 5.41) is 9.06. The van der Waals surface area contributed by atoms with Crippen molar-refractivity contribution in [3.05, 3.63) is 35.9 Å². The Morgan fingerprint density at radius 3 is 2.71 bits per heavy atom. The SMILES string of the molecule is C[C@H]1[C@@H](C(=O)O)CCN1CCc1ccccc1. The van der Waals surface area contributed by atoms with E-state index < -0.39 is 5.97 Å². The van der Waals surface area contributed by atoms with E-state index in [0.717, 1.165) is 25.9 Å². The van der Waals surface area contributed by atoms with Crippen LogP contribution in [0.3, 0.4) is 0 Å². The van der Waals surface area contributed by atoms with Gasteiger partial charge in [0, 0.05) is 12.6 Å². The predicted molar refractivity (Wildman–Crippen MR) is 66.9 cm³/mol. The number of aliphatic carboxylic acids is 1. The van der Waals surface area contributed by atoms with Gasteiger partial charge >= 0.3 is 5.97 Å². The Kier molecular flexibility index (Phi) is 3.79. The lowest BCUT2D eigenvalue weighted by Crippen LogP contribution is -2.34. The standard InChI is InChI=1S/C14H19NO2/c1-11-13(14(16)17)8-10-15(11)9-7-12-5-3-2-4-6-12/h2-6,11,13H,7-10H2,1H3,(H,16,17)/t11-,13-/m0/s1. The molecule has 2 atom stereocenters. The van der Waals surface area contributed by atoms with Gasteiger partial charge in [-0.3, -0.25) is 9.69 Å². The van der Waals surface area contributed by atoms with Crippen molar-refractivity contribution in [1.82, 2.24) is 4.90 Å². The fraction of sp³-hybridized carbons (Fsp3) is 0.500. The third-order valence-electron chi connectivity index (χ3n) is 3.73. The summed E-state index contributed by atoms with van der Waals surface area (Å²) < 4.78 is 0. The number of benzene rings is 1. The van der Waals surface area contributed by atoms with Crippen LogP contribution in [0.2, 0.25) is 0 Å². The van der Waals surface area contributed by atoms with E-state index in [-0.39, 0.29) is 12.0 Å². The highest BCUT2D eigenvalue weighted by Crippen LogP contribution is 2.24. The van der Waals surface area contributed by atoms with Crippen molar-refractivity contribution in [2.24, 2.45) is 5.92 Å². The van der Waals surface area contributed by atoms with Gasteiger partial charge in [-0.1, -0.05) is 30.3 Å². The van der Waals surface area contributed by atoms with Gasteiger partial charge in [0.15, 0.2) is 0 Å². The Balaban J connectivity index is 1.87. The Morgan fingerprint density at radius 2 is 2.12 bits per heavy atom. The summed E-state index contributed by atoms with van der Waals surface area (Å²) in [6.07, 6.45) is 1.78. The molecule has 0 amide bonds. The van der Waals surface area contributed by atoms with Crippen molar-refractivity contribution < 1.29 is 9.90 Å². The highest BCUT2D eigenvalue weighted by molar-refractivity contribution is 5.71. The fourth-order valence-corrected chi connectivity index (χ4v) is 2.57. The zero-order valence-electron chi connectivity index (χ0n) is 10.2. The van der Waals surface area contributed by atoms with Crippen LogP contribution in [-0.2, 0) is 11.2 Å². The number of carboxylic acids is 1. The van der Waals surface area contributed by atoms with E-state index in [9.17, 15) is 4.79 Å². The van der Waals surface area contributed by atoms with Gasteiger partial charge < -0.3 is 5.11 Å². The topological polar surface area (TPSA) is 40.5 Å². The minimum Gasteiger partial charge on any atom is -0.481 e. The monoisotopic (exact) mass is 233 g/mol. The number of carboxylic acid groups (broad SMARTS) is 1. The number of rotatable bonds is 4. The third-order valence-corrected chi connectivity index (χ3v) is 3.73. The van der Waals surface area contributed by atoms with Crippen LogP contribution in [0.1, 0.15) is 18.9 Å². The maximum atomic E-state index is 11.0. The summed E-state index contributed by atoms with van der Waals surface area (Å²) in [6.45, 7) is 3.89. The van der Waals surface area contributed by atoms with E-state index in [1.165, 1.54) is 5.56 Å². The molecule has 0 saturated carbocycles. The molecule has 1 N–H and O–H groups in total. The van der Waals surface area contributed by atoms with Crippen molar-refractivity contribution in [2.75, 3.05) is 13.1 Å². The van der Waals surface area contributed by atoms with Gasteiger partial charge in [-0.15, -0.1) is 0 Å². The average molecular weight is 233 g/mol. The van der Waals surface area contributed by atoms with Crippen LogP contribution in [-0.4, -0.2) is 35.1 Å². The maximum Gasteiger partial charge on any atom is 0.308 e. The summed E-state index contributed by atoms with van der Waals surface area (Å²) in [4.78, 5) is 13.3. The highest BCUT2D eigenvalue weighted by atomic mass is 16.4. The molecule has 1 aliphatic heterocycles. The molecule has 3 heteroatoms. The molecule has 0 spiro atoms. The molecular formula is C14H19NO2. The molecule has 1 saturated heterocycles. The largest absolute Gasteiger partial charge is 0.481 e. The number of hydrogen-bond donors (Lipinski definition) is 1. The van der Waals surface area contributed by atoms with Crippen LogP contribution in [0.25, 0.3) is 0 Å². The molecule has 0 unspecified atom stereocenters. The summed E-state index contributed by atoms with van der Waals surface area (Å²) in [5.74, 6) is -0.842. The zero-order chi connectivity index (χ0) is 12.3. The van der Waals surface area contributed by atoms with Gasteiger partial charge in [0.05, 0.1) is 5.92 Å². The number of nitrogens with zero attached hydrogens (tertiary/aromatic N) is 1. The lowest BCUT2D eigenvalue weighted by atomic mass is 10.0. The van der Waals surface area contributed by atoms with Crippen LogP contribution >= 0.6 is 0 Å².